The van der Waals surface area contributed by atoms with Crippen LogP contribution in [0.25, 0.3) is 11.0 Å². The lowest BCUT2D eigenvalue weighted by atomic mass is 10.1. The smallest absolute Gasteiger partial charge is 0.128 e. The van der Waals surface area contributed by atoms with Crippen molar-refractivity contribution in [2.45, 2.75) is 18.8 Å². The minimum Gasteiger partial charge on any atom is -0.319 e. The first kappa shape index (κ1) is 14.0. The third-order valence-corrected chi connectivity index (χ3v) is 3.83. The number of alkyl halides is 1. The van der Waals surface area contributed by atoms with E-state index in [1.165, 1.54) is 18.2 Å². The van der Waals surface area contributed by atoms with Gasteiger partial charge in [0.15, 0.2) is 0 Å². The Morgan fingerprint density at radius 3 is 2.67 bits per heavy atom. The van der Waals surface area contributed by atoms with Crippen molar-refractivity contribution < 1.29 is 8.78 Å². The van der Waals surface area contributed by atoms with Gasteiger partial charge in [-0.3, -0.25) is 0 Å². The fraction of sp³-hybridized carbons (Fsp3) is 0.188. The van der Waals surface area contributed by atoms with Crippen LogP contribution in [0.1, 0.15) is 24.4 Å². The van der Waals surface area contributed by atoms with Gasteiger partial charge in [-0.1, -0.05) is 18.2 Å². The van der Waals surface area contributed by atoms with E-state index in [0.717, 1.165) is 0 Å². The van der Waals surface area contributed by atoms with E-state index in [0.29, 0.717) is 22.4 Å². The summed E-state index contributed by atoms with van der Waals surface area (Å²) in [5.41, 5.74) is 1.78. The molecule has 21 heavy (non-hydrogen) atoms. The van der Waals surface area contributed by atoms with Crippen LogP contribution in [-0.2, 0) is 5.88 Å². The molecular weight excluding hydrogens is 294 g/mol. The molecule has 2 aromatic carbocycles. The van der Waals surface area contributed by atoms with Gasteiger partial charge in [-0.05, 0) is 31.2 Å². The maximum Gasteiger partial charge on any atom is 0.128 e. The Balaban J connectivity index is 2.23. The van der Waals surface area contributed by atoms with E-state index in [1.54, 1.807) is 28.8 Å². The zero-order chi connectivity index (χ0) is 15.0. The maximum atomic E-state index is 14.0. The van der Waals surface area contributed by atoms with Gasteiger partial charge in [0.25, 0.3) is 0 Å². The van der Waals surface area contributed by atoms with Crippen LogP contribution in [0.5, 0.6) is 0 Å². The lowest BCUT2D eigenvalue weighted by Crippen LogP contribution is -2.11. The van der Waals surface area contributed by atoms with Crippen LogP contribution >= 0.6 is 11.6 Å². The highest BCUT2D eigenvalue weighted by Gasteiger charge is 2.19. The summed E-state index contributed by atoms with van der Waals surface area (Å²) in [5.74, 6) is 0.108. The molecule has 0 saturated carbocycles. The van der Waals surface area contributed by atoms with Gasteiger partial charge in [-0.2, -0.15) is 0 Å². The third-order valence-electron chi connectivity index (χ3n) is 3.59. The molecule has 0 amide bonds. The predicted molar refractivity (Wildman–Crippen MR) is 79.5 cm³/mol. The molecule has 0 spiro atoms. The first-order valence-corrected chi connectivity index (χ1v) is 7.12. The second kappa shape index (κ2) is 5.45. The molecule has 1 atom stereocenters. The largest absolute Gasteiger partial charge is 0.319 e. The lowest BCUT2D eigenvalue weighted by Gasteiger charge is -2.18. The molecule has 1 unspecified atom stereocenters. The Morgan fingerprint density at radius 2 is 1.95 bits per heavy atom. The monoisotopic (exact) mass is 306 g/mol. The van der Waals surface area contributed by atoms with Crippen molar-refractivity contribution in [2.75, 3.05) is 0 Å². The summed E-state index contributed by atoms with van der Waals surface area (Å²) in [5, 5.41) is 0. The van der Waals surface area contributed by atoms with E-state index in [9.17, 15) is 8.78 Å². The summed E-state index contributed by atoms with van der Waals surface area (Å²) >= 11 is 5.94. The maximum absolute atomic E-state index is 14.0. The second-order valence-electron chi connectivity index (χ2n) is 4.86. The lowest BCUT2D eigenvalue weighted by molar-refractivity contribution is 0.555. The number of fused-ring (bicyclic) bond motifs is 1. The minimum atomic E-state index is -0.356. The molecular formula is C16H13ClF2N2. The SMILES string of the molecule is CC(c1ccccc1F)n1c(CCl)nc2ccc(F)cc21. The number of halogens is 3. The van der Waals surface area contributed by atoms with Crippen molar-refractivity contribution in [3.05, 3.63) is 65.5 Å². The number of benzene rings is 2. The van der Waals surface area contributed by atoms with Gasteiger partial charge in [-0.15, -0.1) is 11.6 Å². The van der Waals surface area contributed by atoms with E-state index >= 15 is 0 Å². The average Bonchev–Trinajstić information content (AvgIpc) is 2.84. The van der Waals surface area contributed by atoms with E-state index in [4.69, 9.17) is 11.6 Å². The van der Waals surface area contributed by atoms with Crippen molar-refractivity contribution in [3.63, 3.8) is 0 Å². The molecule has 3 rings (SSSR count). The van der Waals surface area contributed by atoms with Crippen LogP contribution in [-0.4, -0.2) is 9.55 Å². The van der Waals surface area contributed by atoms with Crippen LogP contribution < -0.4 is 0 Å². The Labute approximate surface area is 126 Å². The highest BCUT2D eigenvalue weighted by atomic mass is 35.5. The number of rotatable bonds is 3. The van der Waals surface area contributed by atoms with Crippen molar-refractivity contribution in [2.24, 2.45) is 0 Å². The number of nitrogens with zero attached hydrogens (tertiary/aromatic N) is 2. The zero-order valence-electron chi connectivity index (χ0n) is 11.4. The van der Waals surface area contributed by atoms with Crippen molar-refractivity contribution in [3.8, 4) is 0 Å². The van der Waals surface area contributed by atoms with Gasteiger partial charge in [-0.25, -0.2) is 13.8 Å². The molecule has 0 fully saturated rings. The molecule has 5 heteroatoms. The number of hydrogen-bond donors (Lipinski definition) is 0. The Bertz CT molecular complexity index is 798. The molecule has 108 valence electrons. The molecule has 3 aromatic rings. The Kier molecular flexibility index (Phi) is 3.64. The molecule has 2 nitrogen and oxygen atoms in total. The van der Waals surface area contributed by atoms with Crippen LogP contribution in [0.15, 0.2) is 42.5 Å². The predicted octanol–water partition coefficient (Wildman–Crippen LogP) is 4.66. The first-order valence-electron chi connectivity index (χ1n) is 6.58. The summed E-state index contributed by atoms with van der Waals surface area (Å²) < 4.78 is 29.3. The van der Waals surface area contributed by atoms with Crippen molar-refractivity contribution >= 4 is 22.6 Å². The van der Waals surface area contributed by atoms with E-state index < -0.39 is 0 Å². The summed E-state index contributed by atoms with van der Waals surface area (Å²) in [6, 6.07) is 10.6. The molecule has 0 radical (unpaired) electrons. The van der Waals surface area contributed by atoms with Crippen molar-refractivity contribution in [1.82, 2.24) is 9.55 Å². The van der Waals surface area contributed by atoms with Gasteiger partial charge in [0.1, 0.15) is 17.5 Å². The summed E-state index contributed by atoms with van der Waals surface area (Å²) in [6.45, 7) is 1.85. The standard InChI is InChI=1S/C16H13ClF2N2/c1-10(12-4-2-3-5-13(12)19)21-15-8-11(18)6-7-14(15)20-16(21)9-17/h2-8,10H,9H2,1H3. The quantitative estimate of drug-likeness (QED) is 0.643. The summed E-state index contributed by atoms with van der Waals surface area (Å²) in [7, 11) is 0. The molecule has 0 N–H and O–H groups in total. The Hall–Kier alpha value is -1.94. The molecule has 0 saturated heterocycles. The number of hydrogen-bond acceptors (Lipinski definition) is 1. The van der Waals surface area contributed by atoms with Gasteiger partial charge in [0.2, 0.25) is 0 Å². The Morgan fingerprint density at radius 1 is 1.19 bits per heavy atom. The van der Waals surface area contributed by atoms with Gasteiger partial charge >= 0.3 is 0 Å². The van der Waals surface area contributed by atoms with Crippen LogP contribution in [0.2, 0.25) is 0 Å². The number of imidazole rings is 1. The average molecular weight is 307 g/mol. The number of aromatic nitrogens is 2. The fourth-order valence-electron chi connectivity index (χ4n) is 2.60. The van der Waals surface area contributed by atoms with Gasteiger partial charge in [0.05, 0.1) is 23.0 Å². The van der Waals surface area contributed by atoms with Gasteiger partial charge < -0.3 is 4.57 Å². The fourth-order valence-corrected chi connectivity index (χ4v) is 2.78. The van der Waals surface area contributed by atoms with E-state index in [1.807, 2.05) is 6.92 Å². The zero-order valence-corrected chi connectivity index (χ0v) is 12.1. The molecule has 0 bridgehead atoms. The molecule has 0 aliphatic heterocycles. The van der Waals surface area contributed by atoms with E-state index in [2.05, 4.69) is 4.98 Å². The van der Waals surface area contributed by atoms with Crippen molar-refractivity contribution in [1.29, 1.82) is 0 Å². The molecule has 1 aromatic heterocycles. The molecule has 0 aliphatic rings. The highest BCUT2D eigenvalue weighted by Crippen LogP contribution is 2.28. The normalized spacial score (nSPS) is 12.8. The second-order valence-corrected chi connectivity index (χ2v) is 5.13. The first-order chi connectivity index (χ1) is 10.1. The topological polar surface area (TPSA) is 17.8 Å². The van der Waals surface area contributed by atoms with Crippen LogP contribution in [0, 0.1) is 11.6 Å². The minimum absolute atomic E-state index is 0.176. The third kappa shape index (κ3) is 2.40. The highest BCUT2D eigenvalue weighted by molar-refractivity contribution is 6.16. The summed E-state index contributed by atoms with van der Waals surface area (Å²) in [4.78, 5) is 4.39. The van der Waals surface area contributed by atoms with Crippen LogP contribution in [0.3, 0.4) is 0 Å². The van der Waals surface area contributed by atoms with Crippen LogP contribution in [0.4, 0.5) is 8.78 Å². The van der Waals surface area contributed by atoms with E-state index in [-0.39, 0.29) is 23.6 Å². The molecule has 1 heterocycles. The summed E-state index contributed by atoms with van der Waals surface area (Å²) in [6.07, 6.45) is 0. The molecule has 0 aliphatic carbocycles. The van der Waals surface area contributed by atoms with Gasteiger partial charge in [0, 0.05) is 5.56 Å².